The van der Waals surface area contributed by atoms with Crippen molar-refractivity contribution in [3.05, 3.63) is 70.1 Å². The third kappa shape index (κ3) is 5.35. The molecule has 1 amide bonds. The van der Waals surface area contributed by atoms with Crippen molar-refractivity contribution in [2.45, 2.75) is 39.5 Å². The third-order valence-electron chi connectivity index (χ3n) is 5.49. The van der Waals surface area contributed by atoms with E-state index in [0.29, 0.717) is 6.54 Å². The molecule has 1 N–H and O–H groups in total. The molecule has 31 heavy (non-hydrogen) atoms. The number of anilines is 2. The van der Waals surface area contributed by atoms with Gasteiger partial charge in [0.1, 0.15) is 11.6 Å². The number of amides is 1. The minimum atomic E-state index is 0.0476. The van der Waals surface area contributed by atoms with Crippen molar-refractivity contribution in [2.24, 2.45) is 0 Å². The van der Waals surface area contributed by atoms with Crippen molar-refractivity contribution in [3.8, 4) is 0 Å². The number of rotatable bonds is 5. The lowest BCUT2D eigenvalue weighted by atomic mass is 9.94. The van der Waals surface area contributed by atoms with E-state index in [1.54, 1.807) is 17.4 Å². The van der Waals surface area contributed by atoms with Crippen LogP contribution in [0.15, 0.2) is 42.5 Å². The fourth-order valence-electron chi connectivity index (χ4n) is 3.76. The molecular formula is C24H27N5OS. The largest absolute Gasteiger partial charge is 0.338 e. The van der Waals surface area contributed by atoms with E-state index in [-0.39, 0.29) is 11.8 Å². The number of hydrogen-bond acceptors (Lipinski definition) is 6. The summed E-state index contributed by atoms with van der Waals surface area (Å²) in [5.74, 6) is 1.72. The van der Waals surface area contributed by atoms with E-state index < -0.39 is 0 Å². The molecule has 1 aliphatic rings. The lowest BCUT2D eigenvalue weighted by molar-refractivity contribution is -0.127. The quantitative estimate of drug-likeness (QED) is 0.572. The van der Waals surface area contributed by atoms with Gasteiger partial charge in [0.15, 0.2) is 5.13 Å². The van der Waals surface area contributed by atoms with Crippen molar-refractivity contribution < 1.29 is 4.79 Å². The fraction of sp³-hybridized carbons (Fsp3) is 0.333. The van der Waals surface area contributed by atoms with Gasteiger partial charge in [-0.1, -0.05) is 30.3 Å². The van der Waals surface area contributed by atoms with Gasteiger partial charge in [0.05, 0.1) is 11.4 Å². The Bertz CT molecular complexity index is 1070. The molecule has 2 aromatic heterocycles. The van der Waals surface area contributed by atoms with Crippen molar-refractivity contribution in [2.75, 3.05) is 18.4 Å². The number of aromatic nitrogens is 3. The van der Waals surface area contributed by atoms with Gasteiger partial charge in [-0.3, -0.25) is 4.79 Å². The second-order valence-corrected chi connectivity index (χ2v) is 9.08. The molecule has 0 spiro atoms. The predicted octanol–water partition coefficient (Wildman–Crippen LogP) is 5.02. The Balaban J connectivity index is 1.46. The average molecular weight is 434 g/mol. The zero-order valence-electron chi connectivity index (χ0n) is 18.1. The summed E-state index contributed by atoms with van der Waals surface area (Å²) in [5, 5.41) is 4.16. The number of nitrogens with one attached hydrogen (secondary N) is 1. The molecule has 7 heteroatoms. The molecule has 4 rings (SSSR count). The van der Waals surface area contributed by atoms with E-state index in [1.165, 1.54) is 4.88 Å². The first-order valence-corrected chi connectivity index (χ1v) is 11.4. The molecule has 160 valence electrons. The first-order chi connectivity index (χ1) is 15.0. The van der Waals surface area contributed by atoms with Crippen LogP contribution in [0.25, 0.3) is 6.08 Å². The van der Waals surface area contributed by atoms with Crippen molar-refractivity contribution in [3.63, 3.8) is 0 Å². The number of nitrogens with zero attached hydrogens (tertiary/aromatic N) is 4. The summed E-state index contributed by atoms with van der Waals surface area (Å²) in [5.41, 5.74) is 3.03. The Morgan fingerprint density at radius 2 is 1.97 bits per heavy atom. The Morgan fingerprint density at radius 1 is 1.16 bits per heavy atom. The van der Waals surface area contributed by atoms with Crippen LogP contribution in [0.5, 0.6) is 0 Å². The van der Waals surface area contributed by atoms with Gasteiger partial charge in [0.2, 0.25) is 5.91 Å². The summed E-state index contributed by atoms with van der Waals surface area (Å²) in [7, 11) is 0. The van der Waals surface area contributed by atoms with E-state index in [2.05, 4.69) is 27.2 Å². The van der Waals surface area contributed by atoms with Crippen LogP contribution in [-0.4, -0.2) is 38.8 Å². The van der Waals surface area contributed by atoms with Crippen LogP contribution in [0.1, 0.15) is 46.4 Å². The Morgan fingerprint density at radius 3 is 2.71 bits per heavy atom. The van der Waals surface area contributed by atoms with Gasteiger partial charge in [-0.05, 0) is 45.3 Å². The number of aryl methyl sites for hydroxylation is 3. The number of carbonyl (C=O) groups is 1. The number of carbonyl (C=O) groups excluding carboxylic acids is 1. The number of hydrogen-bond donors (Lipinski definition) is 1. The molecule has 1 unspecified atom stereocenters. The first-order valence-electron chi connectivity index (χ1n) is 10.6. The fourth-order valence-corrected chi connectivity index (χ4v) is 4.58. The van der Waals surface area contributed by atoms with Gasteiger partial charge < -0.3 is 10.2 Å². The van der Waals surface area contributed by atoms with Crippen LogP contribution in [0.4, 0.5) is 10.9 Å². The molecule has 1 atom stereocenters. The molecule has 1 aromatic carbocycles. The van der Waals surface area contributed by atoms with Crippen LogP contribution in [0.2, 0.25) is 0 Å². The average Bonchev–Trinajstić information content (AvgIpc) is 3.09. The molecule has 3 heterocycles. The summed E-state index contributed by atoms with van der Waals surface area (Å²) >= 11 is 1.62. The highest BCUT2D eigenvalue weighted by molar-refractivity contribution is 7.15. The molecule has 6 nitrogen and oxygen atoms in total. The van der Waals surface area contributed by atoms with Gasteiger partial charge in [-0.15, -0.1) is 11.3 Å². The molecule has 3 aromatic rings. The van der Waals surface area contributed by atoms with E-state index >= 15 is 0 Å². The van der Waals surface area contributed by atoms with Crippen molar-refractivity contribution >= 4 is 34.3 Å². The molecule has 0 radical (unpaired) electrons. The monoisotopic (exact) mass is 433 g/mol. The van der Waals surface area contributed by atoms with E-state index in [0.717, 1.165) is 53.1 Å². The minimum absolute atomic E-state index is 0.0476. The smallest absolute Gasteiger partial charge is 0.246 e. The maximum absolute atomic E-state index is 12.7. The number of benzene rings is 1. The second kappa shape index (κ2) is 9.39. The standard InChI is InChI=1S/C24H27N5OS/c1-16-17(2)31-24(25-16)28-22-14-21(26-18(3)27-22)20-10-7-13-29(15-20)23(30)12-11-19-8-5-4-6-9-19/h4-6,8-9,11-12,14,20H,7,10,13,15H2,1-3H3,(H,25,26,27,28)/b12-11+. The SMILES string of the molecule is Cc1nc(Nc2nc(C)c(C)s2)cc(C2CCCN(C(=O)/C=C/c3ccccc3)C2)n1. The van der Waals surface area contributed by atoms with Gasteiger partial charge in [-0.2, -0.15) is 0 Å². The highest BCUT2D eigenvalue weighted by atomic mass is 32.1. The molecular weight excluding hydrogens is 406 g/mol. The van der Waals surface area contributed by atoms with Gasteiger partial charge in [-0.25, -0.2) is 15.0 Å². The minimum Gasteiger partial charge on any atom is -0.338 e. The number of likely N-dealkylation sites (tertiary alicyclic amines) is 1. The van der Waals surface area contributed by atoms with E-state index in [1.807, 2.05) is 61.2 Å². The van der Waals surface area contributed by atoms with Crippen molar-refractivity contribution in [1.82, 2.24) is 19.9 Å². The Hall–Kier alpha value is -3.06. The zero-order chi connectivity index (χ0) is 21.8. The summed E-state index contributed by atoms with van der Waals surface area (Å²) in [6.07, 6.45) is 5.52. The Kier molecular flexibility index (Phi) is 6.42. The van der Waals surface area contributed by atoms with Crippen LogP contribution in [0.3, 0.4) is 0 Å². The van der Waals surface area contributed by atoms with E-state index in [4.69, 9.17) is 0 Å². The summed E-state index contributed by atoms with van der Waals surface area (Å²) < 4.78 is 0. The first kappa shape index (κ1) is 21.2. The molecule has 0 aliphatic carbocycles. The summed E-state index contributed by atoms with van der Waals surface area (Å²) in [6, 6.07) is 11.9. The van der Waals surface area contributed by atoms with E-state index in [9.17, 15) is 4.79 Å². The molecule has 0 saturated carbocycles. The zero-order valence-corrected chi connectivity index (χ0v) is 18.9. The molecule has 0 bridgehead atoms. The lowest BCUT2D eigenvalue weighted by Crippen LogP contribution is -2.38. The number of piperidine rings is 1. The predicted molar refractivity (Wildman–Crippen MR) is 126 cm³/mol. The number of thiazole rings is 1. The van der Waals surface area contributed by atoms with Crippen LogP contribution in [-0.2, 0) is 4.79 Å². The van der Waals surface area contributed by atoms with Crippen molar-refractivity contribution in [1.29, 1.82) is 0 Å². The van der Waals surface area contributed by atoms with Gasteiger partial charge in [0, 0.05) is 36.0 Å². The highest BCUT2D eigenvalue weighted by Crippen LogP contribution is 2.29. The van der Waals surface area contributed by atoms with Crippen LogP contribution < -0.4 is 5.32 Å². The van der Waals surface area contributed by atoms with Crippen LogP contribution >= 0.6 is 11.3 Å². The Labute approximate surface area is 187 Å². The normalized spacial score (nSPS) is 16.6. The lowest BCUT2D eigenvalue weighted by Gasteiger charge is -2.32. The molecule has 1 aliphatic heterocycles. The van der Waals surface area contributed by atoms with Crippen LogP contribution in [0, 0.1) is 20.8 Å². The third-order valence-corrected chi connectivity index (χ3v) is 6.48. The molecule has 1 fully saturated rings. The topological polar surface area (TPSA) is 71.0 Å². The molecule has 1 saturated heterocycles. The van der Waals surface area contributed by atoms with Gasteiger partial charge >= 0.3 is 0 Å². The van der Waals surface area contributed by atoms with Gasteiger partial charge in [0.25, 0.3) is 0 Å². The second-order valence-electron chi connectivity index (χ2n) is 7.88. The maximum atomic E-state index is 12.7. The summed E-state index contributed by atoms with van der Waals surface area (Å²) in [4.78, 5) is 29.6. The highest BCUT2D eigenvalue weighted by Gasteiger charge is 2.25. The summed E-state index contributed by atoms with van der Waals surface area (Å²) in [6.45, 7) is 7.42. The maximum Gasteiger partial charge on any atom is 0.246 e.